The van der Waals surface area contributed by atoms with Gasteiger partial charge in [0.05, 0.1) is 6.10 Å². The van der Waals surface area contributed by atoms with Gasteiger partial charge in [-0.3, -0.25) is 0 Å². The second-order valence-corrected chi connectivity index (χ2v) is 3.83. The van der Waals surface area contributed by atoms with Crippen LogP contribution < -0.4 is 11.1 Å². The van der Waals surface area contributed by atoms with E-state index in [1.165, 1.54) is 5.56 Å². The Morgan fingerprint density at radius 3 is 2.40 bits per heavy atom. The maximum atomic E-state index is 10.1. The molecule has 4 N–H and O–H groups in total. The van der Waals surface area contributed by atoms with Crippen molar-refractivity contribution in [3.8, 4) is 0 Å². The molecule has 1 aromatic carbocycles. The van der Waals surface area contributed by atoms with Crippen LogP contribution in [0.2, 0.25) is 0 Å². The lowest BCUT2D eigenvalue weighted by molar-refractivity contribution is 0.129. The molecule has 0 heterocycles. The molecule has 0 saturated carbocycles. The lowest BCUT2D eigenvalue weighted by Gasteiger charge is -2.22. The zero-order chi connectivity index (χ0) is 11.3. The number of rotatable bonds is 5. The first kappa shape index (κ1) is 12.2. The Bertz CT molecular complexity index is 284. The molecule has 0 aliphatic rings. The second-order valence-electron chi connectivity index (χ2n) is 3.83. The van der Waals surface area contributed by atoms with Crippen molar-refractivity contribution in [2.75, 3.05) is 13.6 Å². The van der Waals surface area contributed by atoms with E-state index in [1.807, 2.05) is 38.2 Å². The molecule has 15 heavy (non-hydrogen) atoms. The van der Waals surface area contributed by atoms with Gasteiger partial charge in [0.1, 0.15) is 0 Å². The maximum Gasteiger partial charge on any atom is 0.0943 e. The largest absolute Gasteiger partial charge is 0.387 e. The van der Waals surface area contributed by atoms with Crippen LogP contribution in [0.1, 0.15) is 23.7 Å². The summed E-state index contributed by atoms with van der Waals surface area (Å²) >= 11 is 0. The van der Waals surface area contributed by atoms with Crippen molar-refractivity contribution in [3.63, 3.8) is 0 Å². The minimum Gasteiger partial charge on any atom is -0.387 e. The van der Waals surface area contributed by atoms with E-state index in [4.69, 9.17) is 5.73 Å². The topological polar surface area (TPSA) is 58.3 Å². The quantitative estimate of drug-likeness (QED) is 0.675. The van der Waals surface area contributed by atoms with Gasteiger partial charge >= 0.3 is 0 Å². The molecule has 0 amide bonds. The summed E-state index contributed by atoms with van der Waals surface area (Å²) in [5, 5.41) is 13.2. The van der Waals surface area contributed by atoms with E-state index in [-0.39, 0.29) is 6.04 Å². The van der Waals surface area contributed by atoms with Crippen LogP contribution in [0.5, 0.6) is 0 Å². The molecule has 0 aromatic heterocycles. The van der Waals surface area contributed by atoms with Gasteiger partial charge in [-0.15, -0.1) is 0 Å². The number of nitrogens with two attached hydrogens (primary N) is 1. The molecule has 0 aliphatic heterocycles. The van der Waals surface area contributed by atoms with Gasteiger partial charge in [-0.2, -0.15) is 0 Å². The molecule has 1 aromatic rings. The van der Waals surface area contributed by atoms with Crippen molar-refractivity contribution in [2.24, 2.45) is 5.73 Å². The molecule has 0 radical (unpaired) electrons. The molecule has 2 atom stereocenters. The minimum absolute atomic E-state index is 0.0257. The van der Waals surface area contributed by atoms with Crippen LogP contribution in [-0.2, 0) is 0 Å². The molecule has 3 heteroatoms. The third-order valence-electron chi connectivity index (χ3n) is 2.65. The zero-order valence-corrected chi connectivity index (χ0v) is 9.40. The summed E-state index contributed by atoms with van der Waals surface area (Å²) in [4.78, 5) is 0. The Labute approximate surface area is 91.3 Å². The number of aliphatic hydroxyl groups is 1. The Kier molecular flexibility index (Phi) is 4.75. The Hall–Kier alpha value is -0.900. The van der Waals surface area contributed by atoms with E-state index in [0.717, 1.165) is 12.0 Å². The van der Waals surface area contributed by atoms with E-state index in [0.29, 0.717) is 6.54 Å². The van der Waals surface area contributed by atoms with Crippen molar-refractivity contribution in [1.82, 2.24) is 5.32 Å². The summed E-state index contributed by atoms with van der Waals surface area (Å²) in [6.07, 6.45) is 0.282. The fourth-order valence-corrected chi connectivity index (χ4v) is 1.64. The molecular formula is C12H20N2O. The van der Waals surface area contributed by atoms with Crippen LogP contribution in [-0.4, -0.2) is 24.7 Å². The van der Waals surface area contributed by atoms with Gasteiger partial charge in [-0.1, -0.05) is 29.8 Å². The third kappa shape index (κ3) is 3.30. The standard InChI is InChI=1S/C12H20N2O/c1-9-3-5-10(6-4-9)12(15)11(14-2)7-8-13/h3-6,11-12,14-15H,7-8,13H2,1-2H3. The Morgan fingerprint density at radius 1 is 1.33 bits per heavy atom. The van der Waals surface area contributed by atoms with Crippen LogP contribution >= 0.6 is 0 Å². The van der Waals surface area contributed by atoms with Gasteiger partial charge < -0.3 is 16.2 Å². The fourth-order valence-electron chi connectivity index (χ4n) is 1.64. The van der Waals surface area contributed by atoms with E-state index in [2.05, 4.69) is 5.32 Å². The smallest absolute Gasteiger partial charge is 0.0943 e. The van der Waals surface area contributed by atoms with Crippen LogP contribution in [0.25, 0.3) is 0 Å². The van der Waals surface area contributed by atoms with E-state index in [9.17, 15) is 5.11 Å². The summed E-state index contributed by atoms with van der Waals surface area (Å²) in [6, 6.07) is 7.96. The lowest BCUT2D eigenvalue weighted by Crippen LogP contribution is -2.34. The summed E-state index contributed by atoms with van der Waals surface area (Å²) in [7, 11) is 1.84. The highest BCUT2D eigenvalue weighted by molar-refractivity contribution is 5.24. The number of hydrogen-bond acceptors (Lipinski definition) is 3. The summed E-state index contributed by atoms with van der Waals surface area (Å²) in [6.45, 7) is 2.61. The summed E-state index contributed by atoms with van der Waals surface area (Å²) in [5.41, 5.74) is 7.63. The lowest BCUT2D eigenvalue weighted by atomic mass is 9.99. The van der Waals surface area contributed by atoms with Crippen LogP contribution in [0.4, 0.5) is 0 Å². The normalized spacial score (nSPS) is 14.9. The first-order valence-corrected chi connectivity index (χ1v) is 5.31. The fraction of sp³-hybridized carbons (Fsp3) is 0.500. The van der Waals surface area contributed by atoms with Crippen molar-refractivity contribution >= 4 is 0 Å². The van der Waals surface area contributed by atoms with Crippen molar-refractivity contribution in [1.29, 1.82) is 0 Å². The number of aryl methyl sites for hydroxylation is 1. The van der Waals surface area contributed by atoms with E-state index >= 15 is 0 Å². The molecule has 0 aliphatic carbocycles. The highest BCUT2D eigenvalue weighted by atomic mass is 16.3. The van der Waals surface area contributed by atoms with Crippen molar-refractivity contribution in [2.45, 2.75) is 25.5 Å². The SMILES string of the molecule is CNC(CCN)C(O)c1ccc(C)cc1. The average Bonchev–Trinajstić information content (AvgIpc) is 2.26. The molecule has 2 unspecified atom stereocenters. The summed E-state index contributed by atoms with van der Waals surface area (Å²) < 4.78 is 0. The third-order valence-corrected chi connectivity index (χ3v) is 2.65. The number of likely N-dealkylation sites (N-methyl/N-ethyl adjacent to an activating group) is 1. The second kappa shape index (κ2) is 5.85. The zero-order valence-electron chi connectivity index (χ0n) is 9.40. The molecule has 0 bridgehead atoms. The van der Waals surface area contributed by atoms with Gasteiger partial charge in [0.15, 0.2) is 0 Å². The molecule has 0 saturated heterocycles. The van der Waals surface area contributed by atoms with Gasteiger partial charge in [0, 0.05) is 6.04 Å². The highest BCUT2D eigenvalue weighted by Gasteiger charge is 2.17. The van der Waals surface area contributed by atoms with Crippen molar-refractivity contribution in [3.05, 3.63) is 35.4 Å². The molecule has 0 spiro atoms. The maximum absolute atomic E-state index is 10.1. The Balaban J connectivity index is 2.73. The average molecular weight is 208 g/mol. The number of nitrogens with one attached hydrogen (secondary N) is 1. The van der Waals surface area contributed by atoms with Gasteiger partial charge in [0.2, 0.25) is 0 Å². The highest BCUT2D eigenvalue weighted by Crippen LogP contribution is 2.18. The monoisotopic (exact) mass is 208 g/mol. The van der Waals surface area contributed by atoms with E-state index in [1.54, 1.807) is 0 Å². The molecule has 3 nitrogen and oxygen atoms in total. The number of aliphatic hydroxyl groups excluding tert-OH is 1. The minimum atomic E-state index is -0.487. The van der Waals surface area contributed by atoms with Gasteiger partial charge in [-0.05, 0) is 32.5 Å². The molecule has 84 valence electrons. The Morgan fingerprint density at radius 2 is 1.93 bits per heavy atom. The van der Waals surface area contributed by atoms with Crippen LogP contribution in [0.15, 0.2) is 24.3 Å². The molecule has 1 rings (SSSR count). The molecular weight excluding hydrogens is 188 g/mol. The van der Waals surface area contributed by atoms with Crippen LogP contribution in [0.3, 0.4) is 0 Å². The number of hydrogen-bond donors (Lipinski definition) is 3. The van der Waals surface area contributed by atoms with Crippen LogP contribution in [0, 0.1) is 6.92 Å². The predicted octanol–water partition coefficient (Wildman–Crippen LogP) is 0.965. The van der Waals surface area contributed by atoms with Gasteiger partial charge in [0.25, 0.3) is 0 Å². The van der Waals surface area contributed by atoms with Crippen molar-refractivity contribution < 1.29 is 5.11 Å². The first-order valence-electron chi connectivity index (χ1n) is 5.31. The number of benzene rings is 1. The molecule has 0 fully saturated rings. The van der Waals surface area contributed by atoms with E-state index < -0.39 is 6.10 Å². The summed E-state index contributed by atoms with van der Waals surface area (Å²) in [5.74, 6) is 0. The predicted molar refractivity (Wildman–Crippen MR) is 62.7 cm³/mol. The first-order chi connectivity index (χ1) is 7.19. The van der Waals surface area contributed by atoms with Gasteiger partial charge in [-0.25, -0.2) is 0 Å².